The van der Waals surface area contributed by atoms with Crippen LogP contribution in [0.25, 0.3) is 0 Å². The first-order chi connectivity index (χ1) is 14.4. The zero-order chi connectivity index (χ0) is 23.2. The molecule has 2 aromatic carbocycles. The highest BCUT2D eigenvalue weighted by molar-refractivity contribution is 6.31. The molecule has 166 valence electrons. The molecule has 3 nitrogen and oxygen atoms in total. The highest BCUT2D eigenvalue weighted by Gasteiger charge is 2.27. The van der Waals surface area contributed by atoms with Crippen LogP contribution >= 0.6 is 0 Å². The maximum Gasteiger partial charge on any atom is 0.338 e. The smallest absolute Gasteiger partial charge is 0.338 e. The Morgan fingerprint density at radius 3 is 2.10 bits per heavy atom. The Kier molecular flexibility index (Phi) is 8.28. The quantitative estimate of drug-likeness (QED) is 0.319. The predicted molar refractivity (Wildman–Crippen MR) is 131 cm³/mol. The van der Waals surface area contributed by atoms with Crippen molar-refractivity contribution in [2.45, 2.75) is 71.9 Å². The van der Waals surface area contributed by atoms with Gasteiger partial charge < -0.3 is 9.16 Å². The van der Waals surface area contributed by atoms with Gasteiger partial charge in [0.1, 0.15) is 0 Å². The van der Waals surface area contributed by atoms with Crippen molar-refractivity contribution >= 4 is 15.7 Å². The Morgan fingerprint density at radius 1 is 0.968 bits per heavy atom. The Morgan fingerprint density at radius 2 is 1.55 bits per heavy atom. The maximum absolute atomic E-state index is 11.8. The third-order valence-electron chi connectivity index (χ3n) is 4.94. The molecular weight excluding hydrogens is 400 g/mol. The normalized spacial score (nSPS) is 12.2. The van der Waals surface area contributed by atoms with Crippen molar-refractivity contribution in [1.29, 1.82) is 0 Å². The molecule has 0 aromatic heterocycles. The zero-order valence-electron chi connectivity index (χ0n) is 20.3. The van der Waals surface area contributed by atoms with Gasteiger partial charge in [0.15, 0.2) is 9.76 Å². The lowest BCUT2D eigenvalue weighted by molar-refractivity contribution is 0.0526. The summed E-state index contributed by atoms with van der Waals surface area (Å²) in [6, 6.07) is 13.6. The number of esters is 1. The number of hydrogen-bond donors (Lipinski definition) is 0. The Labute approximate surface area is 190 Å². The van der Waals surface area contributed by atoms with Crippen molar-refractivity contribution < 1.29 is 14.0 Å². The van der Waals surface area contributed by atoms with E-state index in [0.717, 1.165) is 11.1 Å². The van der Waals surface area contributed by atoms with Gasteiger partial charge in [-0.2, -0.15) is 0 Å². The summed E-state index contributed by atoms with van der Waals surface area (Å²) in [6.07, 6.45) is 0. The minimum absolute atomic E-state index is 0.253. The summed E-state index contributed by atoms with van der Waals surface area (Å²) in [5.41, 5.74) is 4.59. The molecule has 0 saturated heterocycles. The third-order valence-corrected chi connectivity index (χ3v) is 6.67. The van der Waals surface area contributed by atoms with Crippen molar-refractivity contribution in [3.63, 3.8) is 0 Å². The second kappa shape index (κ2) is 10.3. The van der Waals surface area contributed by atoms with Crippen LogP contribution in [0.4, 0.5) is 0 Å². The van der Waals surface area contributed by atoms with E-state index in [1.165, 1.54) is 11.1 Å². The van der Waals surface area contributed by atoms with Gasteiger partial charge in [-0.05, 0) is 79.3 Å². The maximum atomic E-state index is 11.8. The molecule has 0 radical (unpaired) electrons. The summed E-state index contributed by atoms with van der Waals surface area (Å²) in [6.45, 7) is 17.7. The monoisotopic (exact) mass is 436 g/mol. The van der Waals surface area contributed by atoms with Crippen LogP contribution in [0.3, 0.4) is 0 Å². The summed E-state index contributed by atoms with van der Waals surface area (Å²) in [4.78, 5) is 11.8. The molecule has 0 aliphatic rings. The van der Waals surface area contributed by atoms with Crippen molar-refractivity contribution in [3.8, 4) is 11.8 Å². The van der Waals surface area contributed by atoms with Gasteiger partial charge in [-0.15, -0.1) is 0 Å². The van der Waals surface area contributed by atoms with Crippen LogP contribution in [-0.4, -0.2) is 22.3 Å². The first kappa shape index (κ1) is 24.9. The van der Waals surface area contributed by atoms with Crippen LogP contribution in [0, 0.1) is 11.8 Å². The summed E-state index contributed by atoms with van der Waals surface area (Å²) in [7, 11) is -0.667. The summed E-state index contributed by atoms with van der Waals surface area (Å²) >= 11 is 0. The van der Waals surface area contributed by atoms with Crippen LogP contribution in [0.1, 0.15) is 93.9 Å². The molecule has 0 heterocycles. The highest BCUT2D eigenvalue weighted by atomic mass is 28.2. The molecule has 2 aromatic rings. The van der Waals surface area contributed by atoms with Crippen LogP contribution in [0.5, 0.6) is 0 Å². The third kappa shape index (κ3) is 7.38. The summed E-state index contributed by atoms with van der Waals surface area (Å²) in [5.74, 6) is 6.54. The van der Waals surface area contributed by atoms with Crippen molar-refractivity contribution in [1.82, 2.24) is 0 Å². The first-order valence-corrected chi connectivity index (χ1v) is 12.3. The number of carbonyl (C=O) groups excluding carboxylic acids is 1. The van der Waals surface area contributed by atoms with Gasteiger partial charge in [0.2, 0.25) is 0 Å². The lowest BCUT2D eigenvalue weighted by Crippen LogP contribution is -2.29. The number of carbonyl (C=O) groups is 1. The van der Waals surface area contributed by atoms with E-state index in [0.29, 0.717) is 18.1 Å². The van der Waals surface area contributed by atoms with Gasteiger partial charge in [-0.25, -0.2) is 4.79 Å². The average Bonchev–Trinajstić information content (AvgIpc) is 2.70. The van der Waals surface area contributed by atoms with E-state index < -0.39 is 9.76 Å². The van der Waals surface area contributed by atoms with E-state index in [-0.39, 0.29) is 16.6 Å². The lowest BCUT2D eigenvalue weighted by Gasteiger charge is -2.33. The number of benzene rings is 2. The van der Waals surface area contributed by atoms with Crippen LogP contribution in [0.2, 0.25) is 5.04 Å². The molecule has 0 aliphatic carbocycles. The van der Waals surface area contributed by atoms with Gasteiger partial charge in [0.25, 0.3) is 0 Å². The second-order valence-corrected chi connectivity index (χ2v) is 12.6. The second-order valence-electron chi connectivity index (χ2n) is 9.86. The van der Waals surface area contributed by atoms with Crippen LogP contribution in [-0.2, 0) is 14.8 Å². The fourth-order valence-electron chi connectivity index (χ4n) is 3.19. The van der Waals surface area contributed by atoms with Crippen LogP contribution in [0.15, 0.2) is 42.5 Å². The molecule has 31 heavy (non-hydrogen) atoms. The summed E-state index contributed by atoms with van der Waals surface area (Å²) < 4.78 is 11.5. The van der Waals surface area contributed by atoms with E-state index in [1.807, 2.05) is 12.1 Å². The molecule has 2 rings (SSSR count). The van der Waals surface area contributed by atoms with Crippen molar-refractivity contribution in [2.24, 2.45) is 0 Å². The molecule has 4 heteroatoms. The molecule has 0 fully saturated rings. The standard InChI is InChI=1S/C27H36O3Si/c1-9-29-25(28)22-15-12-20(13-16-22)10-11-21-14-17-24(23(18-21)19(2)3)27(7,8)30-31-26(4,5)6/h12-19H,9,31H2,1-8H3. The predicted octanol–water partition coefficient (Wildman–Crippen LogP) is 5.94. The Balaban J connectivity index is 2.27. The Hall–Kier alpha value is -2.35. The average molecular weight is 437 g/mol. The van der Waals surface area contributed by atoms with E-state index >= 15 is 0 Å². The van der Waals surface area contributed by atoms with E-state index in [2.05, 4.69) is 78.5 Å². The molecular formula is C27H36O3Si. The minimum Gasteiger partial charge on any atom is -0.462 e. The number of hydrogen-bond acceptors (Lipinski definition) is 3. The molecule has 0 amide bonds. The van der Waals surface area contributed by atoms with Gasteiger partial charge in [0.05, 0.1) is 17.8 Å². The lowest BCUT2D eigenvalue weighted by atomic mass is 9.87. The van der Waals surface area contributed by atoms with E-state index in [9.17, 15) is 4.79 Å². The number of ether oxygens (including phenoxy) is 1. The fraction of sp³-hybridized carbons (Fsp3) is 0.444. The molecule has 0 bridgehead atoms. The zero-order valence-corrected chi connectivity index (χ0v) is 21.7. The van der Waals surface area contributed by atoms with Gasteiger partial charge >= 0.3 is 5.97 Å². The molecule has 0 aliphatic heterocycles. The van der Waals surface area contributed by atoms with E-state index in [4.69, 9.17) is 9.16 Å². The van der Waals surface area contributed by atoms with Gasteiger partial charge in [-0.3, -0.25) is 0 Å². The van der Waals surface area contributed by atoms with Gasteiger partial charge in [-0.1, -0.05) is 52.5 Å². The molecule has 0 saturated carbocycles. The largest absolute Gasteiger partial charge is 0.462 e. The SMILES string of the molecule is CCOC(=O)c1ccc(C#Cc2ccc(C(C)(C)O[SiH2]C(C)(C)C)c(C(C)C)c2)cc1. The summed E-state index contributed by atoms with van der Waals surface area (Å²) in [5, 5.41) is 0.253. The highest BCUT2D eigenvalue weighted by Crippen LogP contribution is 2.34. The van der Waals surface area contributed by atoms with Crippen molar-refractivity contribution in [3.05, 3.63) is 70.3 Å². The first-order valence-electron chi connectivity index (χ1n) is 11.0. The molecule has 0 atom stereocenters. The van der Waals surface area contributed by atoms with Crippen molar-refractivity contribution in [2.75, 3.05) is 6.61 Å². The fourth-order valence-corrected chi connectivity index (χ4v) is 4.14. The molecule has 0 N–H and O–H groups in total. The van der Waals surface area contributed by atoms with Gasteiger partial charge in [0, 0.05) is 11.1 Å². The number of rotatable bonds is 6. The molecule has 0 spiro atoms. The molecule has 0 unspecified atom stereocenters. The van der Waals surface area contributed by atoms with E-state index in [1.54, 1.807) is 19.1 Å². The van der Waals surface area contributed by atoms with Crippen LogP contribution < -0.4 is 0 Å². The minimum atomic E-state index is -0.667. The topological polar surface area (TPSA) is 35.5 Å². The Bertz CT molecular complexity index is 955.